The molecule has 0 unspecified atom stereocenters. The number of rotatable bonds is 4. The average molecular weight is 249 g/mol. The van der Waals surface area contributed by atoms with Crippen molar-refractivity contribution in [3.05, 3.63) is 29.8 Å². The van der Waals surface area contributed by atoms with Crippen LogP contribution in [0.4, 0.5) is 0 Å². The molecule has 98 valence electrons. The van der Waals surface area contributed by atoms with Crippen molar-refractivity contribution in [2.45, 2.75) is 5.41 Å². The number of nitrogens with two attached hydrogens (primary N) is 1. The van der Waals surface area contributed by atoms with E-state index < -0.39 is 0 Å². The Morgan fingerprint density at radius 3 is 2.28 bits per heavy atom. The van der Waals surface area contributed by atoms with Crippen LogP contribution in [0.5, 0.6) is 5.75 Å². The van der Waals surface area contributed by atoms with Gasteiger partial charge in [-0.25, -0.2) is 0 Å². The van der Waals surface area contributed by atoms with Crippen LogP contribution < -0.4 is 10.5 Å². The lowest BCUT2D eigenvalue weighted by Gasteiger charge is -2.59. The van der Waals surface area contributed by atoms with Crippen molar-refractivity contribution >= 4 is 0 Å². The van der Waals surface area contributed by atoms with E-state index in [-0.39, 0.29) is 10.8 Å². The molecule has 0 radical (unpaired) electrons. The van der Waals surface area contributed by atoms with E-state index >= 15 is 0 Å². The highest BCUT2D eigenvalue weighted by atomic mass is 16.5. The van der Waals surface area contributed by atoms with Crippen LogP contribution in [0.15, 0.2) is 24.3 Å². The third-order valence-electron chi connectivity index (χ3n) is 4.48. The molecule has 1 aromatic rings. The number of ether oxygens (including phenoxy) is 3. The number of hydrogen-bond donors (Lipinski definition) is 1. The van der Waals surface area contributed by atoms with E-state index in [1.807, 2.05) is 18.2 Å². The van der Waals surface area contributed by atoms with E-state index in [0.717, 1.165) is 5.75 Å². The monoisotopic (exact) mass is 249 g/mol. The zero-order valence-electron chi connectivity index (χ0n) is 10.6. The third-order valence-corrected chi connectivity index (χ3v) is 4.48. The van der Waals surface area contributed by atoms with Gasteiger partial charge in [-0.3, -0.25) is 0 Å². The predicted octanol–water partition coefficient (Wildman–Crippen LogP) is 0.939. The fourth-order valence-corrected chi connectivity index (χ4v) is 3.03. The summed E-state index contributed by atoms with van der Waals surface area (Å²) in [5, 5.41) is 0. The van der Waals surface area contributed by atoms with E-state index in [2.05, 4.69) is 6.07 Å². The van der Waals surface area contributed by atoms with Crippen LogP contribution in [0.2, 0.25) is 0 Å². The molecule has 2 N–H and O–H groups in total. The van der Waals surface area contributed by atoms with Gasteiger partial charge in [-0.2, -0.15) is 0 Å². The first-order valence-electron chi connectivity index (χ1n) is 6.27. The molecule has 0 spiro atoms. The molecule has 1 aromatic carbocycles. The largest absolute Gasteiger partial charge is 0.496 e. The molecular weight excluding hydrogens is 230 g/mol. The molecule has 4 heteroatoms. The maximum absolute atomic E-state index is 6.02. The molecule has 2 aliphatic rings. The minimum atomic E-state index is -0.0490. The van der Waals surface area contributed by atoms with Gasteiger partial charge in [0, 0.05) is 17.5 Å². The lowest BCUT2D eigenvalue weighted by atomic mass is 9.57. The summed E-state index contributed by atoms with van der Waals surface area (Å²) in [6, 6.07) is 8.15. The summed E-state index contributed by atoms with van der Waals surface area (Å²) in [5.41, 5.74) is 7.17. The first-order valence-corrected chi connectivity index (χ1v) is 6.27. The summed E-state index contributed by atoms with van der Waals surface area (Å²) in [4.78, 5) is 0. The topological polar surface area (TPSA) is 53.7 Å². The second-order valence-corrected chi connectivity index (χ2v) is 5.25. The van der Waals surface area contributed by atoms with Crippen molar-refractivity contribution in [2.24, 2.45) is 11.1 Å². The molecule has 2 saturated heterocycles. The Balaban J connectivity index is 2.06. The second-order valence-electron chi connectivity index (χ2n) is 5.25. The quantitative estimate of drug-likeness (QED) is 0.863. The predicted molar refractivity (Wildman–Crippen MR) is 67.8 cm³/mol. The highest BCUT2D eigenvalue weighted by Crippen LogP contribution is 2.53. The Bertz CT molecular complexity index is 433. The standard InChI is InChI=1S/C14H19NO3/c1-16-12-5-3-2-4-11(12)14(9-18-10-14)13(6-15)7-17-8-13/h2-5H,6-10,15H2,1H3. The Kier molecular flexibility index (Phi) is 2.81. The summed E-state index contributed by atoms with van der Waals surface area (Å²) in [5.74, 6) is 0.917. The normalized spacial score (nSPS) is 23.9. The van der Waals surface area contributed by atoms with Crippen molar-refractivity contribution in [3.8, 4) is 5.75 Å². The van der Waals surface area contributed by atoms with E-state index in [0.29, 0.717) is 33.0 Å². The van der Waals surface area contributed by atoms with Crippen molar-refractivity contribution in [2.75, 3.05) is 40.1 Å². The molecule has 2 fully saturated rings. The Morgan fingerprint density at radius 2 is 1.83 bits per heavy atom. The van der Waals surface area contributed by atoms with Gasteiger partial charge in [0.15, 0.2) is 0 Å². The molecule has 0 amide bonds. The van der Waals surface area contributed by atoms with E-state index in [1.54, 1.807) is 7.11 Å². The lowest BCUT2D eigenvalue weighted by Crippen LogP contribution is -2.69. The summed E-state index contributed by atoms with van der Waals surface area (Å²) >= 11 is 0. The Morgan fingerprint density at radius 1 is 1.17 bits per heavy atom. The first-order chi connectivity index (χ1) is 8.78. The van der Waals surface area contributed by atoms with Crippen molar-refractivity contribution in [3.63, 3.8) is 0 Å². The van der Waals surface area contributed by atoms with Crippen LogP contribution in [0.25, 0.3) is 0 Å². The SMILES string of the molecule is COc1ccccc1C1(C2(CN)COC2)COC1. The van der Waals surface area contributed by atoms with Gasteiger partial charge < -0.3 is 19.9 Å². The minimum Gasteiger partial charge on any atom is -0.496 e. The van der Waals surface area contributed by atoms with Gasteiger partial charge >= 0.3 is 0 Å². The molecule has 4 nitrogen and oxygen atoms in total. The molecule has 3 rings (SSSR count). The van der Waals surface area contributed by atoms with Gasteiger partial charge in [-0.1, -0.05) is 18.2 Å². The zero-order valence-corrected chi connectivity index (χ0v) is 10.6. The van der Waals surface area contributed by atoms with Crippen LogP contribution >= 0.6 is 0 Å². The van der Waals surface area contributed by atoms with Crippen molar-refractivity contribution < 1.29 is 14.2 Å². The fraction of sp³-hybridized carbons (Fsp3) is 0.571. The van der Waals surface area contributed by atoms with Gasteiger partial charge in [0.1, 0.15) is 5.75 Å². The highest BCUT2D eigenvalue weighted by Gasteiger charge is 2.61. The van der Waals surface area contributed by atoms with Gasteiger partial charge in [-0.05, 0) is 6.07 Å². The zero-order chi connectivity index (χ0) is 12.6. The molecule has 0 aromatic heterocycles. The molecule has 0 saturated carbocycles. The van der Waals surface area contributed by atoms with Crippen LogP contribution in [-0.4, -0.2) is 40.1 Å². The summed E-state index contributed by atoms with van der Waals surface area (Å²) in [6.07, 6.45) is 0. The first kappa shape index (κ1) is 12.0. The summed E-state index contributed by atoms with van der Waals surface area (Å²) in [7, 11) is 1.71. The number of benzene rings is 1. The summed E-state index contributed by atoms with van der Waals surface area (Å²) in [6.45, 7) is 3.45. The maximum Gasteiger partial charge on any atom is 0.122 e. The fourth-order valence-electron chi connectivity index (χ4n) is 3.03. The smallest absolute Gasteiger partial charge is 0.122 e. The number of hydrogen-bond acceptors (Lipinski definition) is 4. The van der Waals surface area contributed by atoms with Crippen LogP contribution in [0.1, 0.15) is 5.56 Å². The van der Waals surface area contributed by atoms with E-state index in [9.17, 15) is 0 Å². The highest BCUT2D eigenvalue weighted by molar-refractivity contribution is 5.44. The maximum atomic E-state index is 6.02. The van der Waals surface area contributed by atoms with Gasteiger partial charge in [0.05, 0.1) is 39.0 Å². The number of para-hydroxylation sites is 1. The Labute approximate surface area is 107 Å². The second kappa shape index (κ2) is 4.23. The van der Waals surface area contributed by atoms with E-state index in [4.69, 9.17) is 19.9 Å². The summed E-state index contributed by atoms with van der Waals surface area (Å²) < 4.78 is 16.4. The lowest BCUT2D eigenvalue weighted by molar-refractivity contribution is -0.224. The Hall–Kier alpha value is -1.10. The van der Waals surface area contributed by atoms with Gasteiger partial charge in [-0.15, -0.1) is 0 Å². The molecular formula is C14H19NO3. The third kappa shape index (κ3) is 1.37. The molecule has 2 heterocycles. The minimum absolute atomic E-state index is 0.000116. The average Bonchev–Trinajstić information content (AvgIpc) is 2.31. The molecule has 0 aliphatic carbocycles. The molecule has 0 atom stereocenters. The molecule has 2 aliphatic heterocycles. The van der Waals surface area contributed by atoms with Crippen LogP contribution in [0.3, 0.4) is 0 Å². The molecule has 0 bridgehead atoms. The van der Waals surface area contributed by atoms with Crippen molar-refractivity contribution in [1.82, 2.24) is 0 Å². The molecule has 18 heavy (non-hydrogen) atoms. The van der Waals surface area contributed by atoms with Crippen molar-refractivity contribution in [1.29, 1.82) is 0 Å². The number of methoxy groups -OCH3 is 1. The van der Waals surface area contributed by atoms with E-state index in [1.165, 1.54) is 5.56 Å². The van der Waals surface area contributed by atoms with Gasteiger partial charge in [0.25, 0.3) is 0 Å². The van der Waals surface area contributed by atoms with Crippen LogP contribution in [-0.2, 0) is 14.9 Å². The van der Waals surface area contributed by atoms with Gasteiger partial charge in [0.2, 0.25) is 0 Å². The van der Waals surface area contributed by atoms with Crippen LogP contribution in [0, 0.1) is 5.41 Å².